The van der Waals surface area contributed by atoms with Crippen LogP contribution in [0.1, 0.15) is 24.8 Å². The highest BCUT2D eigenvalue weighted by atomic mass is 35.5. The topological polar surface area (TPSA) is 12.0 Å². The second-order valence-corrected chi connectivity index (χ2v) is 4.82. The molecule has 0 aliphatic carbocycles. The summed E-state index contributed by atoms with van der Waals surface area (Å²) < 4.78 is 0. The lowest BCUT2D eigenvalue weighted by Gasteiger charge is -2.20. The maximum absolute atomic E-state index is 5.84. The molecule has 86 valence electrons. The lowest BCUT2D eigenvalue weighted by molar-refractivity contribution is 0.378. The minimum absolute atomic E-state index is 0.801. The molecule has 2 rings (SSSR count). The number of piperidine rings is 1. The highest BCUT2D eigenvalue weighted by molar-refractivity contribution is 6.30. The molecule has 1 heterocycles. The van der Waals surface area contributed by atoms with Gasteiger partial charge in [0.15, 0.2) is 0 Å². The van der Waals surface area contributed by atoms with Gasteiger partial charge in [-0.2, -0.15) is 0 Å². The Bertz CT molecular complexity index is 336. The molecule has 0 radical (unpaired) electrons. The largest absolute Gasteiger partial charge is 0.317 e. The molecule has 0 unspecified atom stereocenters. The molecule has 0 atom stereocenters. The van der Waals surface area contributed by atoms with Gasteiger partial charge in [0.25, 0.3) is 0 Å². The Labute approximate surface area is 103 Å². The second-order valence-electron chi connectivity index (χ2n) is 4.38. The standard InChI is InChI=1S/C14H18ClN/c15-14-6-4-12(5-7-14)2-1-3-13-8-10-16-11-9-13/h1-2,4-7,13,16H,3,8-11H2/b2-1+. The molecule has 1 aliphatic rings. The number of benzene rings is 1. The first-order valence-corrected chi connectivity index (χ1v) is 6.35. The summed E-state index contributed by atoms with van der Waals surface area (Å²) in [5.41, 5.74) is 1.23. The van der Waals surface area contributed by atoms with Gasteiger partial charge in [0.1, 0.15) is 0 Å². The fourth-order valence-corrected chi connectivity index (χ4v) is 2.21. The van der Waals surface area contributed by atoms with Crippen LogP contribution in [0.25, 0.3) is 6.08 Å². The number of halogens is 1. The van der Waals surface area contributed by atoms with Crippen LogP contribution >= 0.6 is 11.6 Å². The van der Waals surface area contributed by atoms with Crippen LogP contribution in [0.3, 0.4) is 0 Å². The lowest BCUT2D eigenvalue weighted by atomic mass is 9.94. The summed E-state index contributed by atoms with van der Waals surface area (Å²) >= 11 is 5.84. The third kappa shape index (κ3) is 3.66. The van der Waals surface area contributed by atoms with Gasteiger partial charge < -0.3 is 5.32 Å². The van der Waals surface area contributed by atoms with Crippen molar-refractivity contribution in [3.8, 4) is 0 Å². The third-order valence-electron chi connectivity index (χ3n) is 3.11. The molecular formula is C14H18ClN. The number of hydrogen-bond donors (Lipinski definition) is 1. The SMILES string of the molecule is Clc1ccc(/C=C/CC2CCNCC2)cc1. The number of hydrogen-bond acceptors (Lipinski definition) is 1. The molecule has 2 heteroatoms. The molecule has 1 aromatic carbocycles. The van der Waals surface area contributed by atoms with E-state index in [4.69, 9.17) is 11.6 Å². The summed E-state index contributed by atoms with van der Waals surface area (Å²) in [4.78, 5) is 0. The van der Waals surface area contributed by atoms with E-state index in [2.05, 4.69) is 29.6 Å². The normalized spacial score (nSPS) is 18.1. The van der Waals surface area contributed by atoms with E-state index in [1.165, 1.54) is 37.9 Å². The Kier molecular flexibility index (Phi) is 4.44. The molecule has 1 saturated heterocycles. The first-order chi connectivity index (χ1) is 7.84. The van der Waals surface area contributed by atoms with Gasteiger partial charge in [-0.3, -0.25) is 0 Å². The monoisotopic (exact) mass is 235 g/mol. The Balaban J connectivity index is 1.82. The Morgan fingerprint density at radius 1 is 1.19 bits per heavy atom. The zero-order valence-electron chi connectivity index (χ0n) is 9.45. The van der Waals surface area contributed by atoms with Crippen LogP contribution in [0.5, 0.6) is 0 Å². The van der Waals surface area contributed by atoms with Crippen LogP contribution in [-0.2, 0) is 0 Å². The first-order valence-electron chi connectivity index (χ1n) is 5.97. The maximum Gasteiger partial charge on any atom is 0.0406 e. The van der Waals surface area contributed by atoms with Crippen molar-refractivity contribution in [3.05, 3.63) is 40.9 Å². The van der Waals surface area contributed by atoms with E-state index in [9.17, 15) is 0 Å². The summed E-state index contributed by atoms with van der Waals surface area (Å²) in [6, 6.07) is 7.99. The van der Waals surface area contributed by atoms with Crippen molar-refractivity contribution < 1.29 is 0 Å². The predicted molar refractivity (Wildman–Crippen MR) is 70.7 cm³/mol. The minimum atomic E-state index is 0.801. The lowest BCUT2D eigenvalue weighted by Crippen LogP contribution is -2.27. The van der Waals surface area contributed by atoms with E-state index in [1.54, 1.807) is 0 Å². The molecule has 1 fully saturated rings. The van der Waals surface area contributed by atoms with Gasteiger partial charge in [-0.05, 0) is 56.0 Å². The summed E-state index contributed by atoms with van der Waals surface area (Å²) in [5.74, 6) is 0.866. The van der Waals surface area contributed by atoms with E-state index in [-0.39, 0.29) is 0 Å². The van der Waals surface area contributed by atoms with Gasteiger partial charge in [-0.25, -0.2) is 0 Å². The molecule has 16 heavy (non-hydrogen) atoms. The molecule has 0 saturated carbocycles. The van der Waals surface area contributed by atoms with Gasteiger partial charge in [-0.1, -0.05) is 35.9 Å². The molecule has 0 amide bonds. The minimum Gasteiger partial charge on any atom is -0.317 e. The van der Waals surface area contributed by atoms with Crippen LogP contribution in [0.2, 0.25) is 5.02 Å². The van der Waals surface area contributed by atoms with Gasteiger partial charge in [0.05, 0.1) is 0 Å². The average molecular weight is 236 g/mol. The first kappa shape index (κ1) is 11.7. The summed E-state index contributed by atoms with van der Waals surface area (Å²) in [6.07, 6.45) is 8.30. The Morgan fingerprint density at radius 2 is 1.88 bits per heavy atom. The van der Waals surface area contributed by atoms with Crippen LogP contribution in [0.15, 0.2) is 30.3 Å². The number of allylic oxidation sites excluding steroid dienone is 1. The Hall–Kier alpha value is -0.790. The quantitative estimate of drug-likeness (QED) is 0.842. The fraction of sp³-hybridized carbons (Fsp3) is 0.429. The molecule has 1 nitrogen and oxygen atoms in total. The smallest absolute Gasteiger partial charge is 0.0406 e. The van der Waals surface area contributed by atoms with Crippen LogP contribution in [-0.4, -0.2) is 13.1 Å². The van der Waals surface area contributed by atoms with E-state index in [0.29, 0.717) is 0 Å². The van der Waals surface area contributed by atoms with Crippen molar-refractivity contribution in [2.75, 3.05) is 13.1 Å². The van der Waals surface area contributed by atoms with Crippen molar-refractivity contribution in [2.45, 2.75) is 19.3 Å². The van der Waals surface area contributed by atoms with Crippen LogP contribution in [0.4, 0.5) is 0 Å². The zero-order chi connectivity index (χ0) is 11.2. The van der Waals surface area contributed by atoms with Crippen LogP contribution < -0.4 is 5.32 Å². The second kappa shape index (κ2) is 6.07. The van der Waals surface area contributed by atoms with Gasteiger partial charge in [-0.15, -0.1) is 0 Å². The summed E-state index contributed by atoms with van der Waals surface area (Å²) in [5, 5.41) is 4.19. The number of rotatable bonds is 3. The molecule has 1 aliphatic heterocycles. The van der Waals surface area contributed by atoms with Gasteiger partial charge in [0.2, 0.25) is 0 Å². The third-order valence-corrected chi connectivity index (χ3v) is 3.36. The Morgan fingerprint density at radius 3 is 2.56 bits per heavy atom. The predicted octanol–water partition coefficient (Wildman–Crippen LogP) is 3.74. The van der Waals surface area contributed by atoms with E-state index < -0.39 is 0 Å². The summed E-state index contributed by atoms with van der Waals surface area (Å²) in [6.45, 7) is 2.36. The maximum atomic E-state index is 5.84. The molecule has 0 aromatic heterocycles. The van der Waals surface area contributed by atoms with E-state index >= 15 is 0 Å². The van der Waals surface area contributed by atoms with E-state index in [0.717, 1.165) is 10.9 Å². The van der Waals surface area contributed by atoms with Crippen molar-refractivity contribution in [1.29, 1.82) is 0 Å². The van der Waals surface area contributed by atoms with Crippen LogP contribution in [0, 0.1) is 5.92 Å². The zero-order valence-corrected chi connectivity index (χ0v) is 10.2. The summed E-state index contributed by atoms with van der Waals surface area (Å²) in [7, 11) is 0. The van der Waals surface area contributed by atoms with Gasteiger partial charge >= 0.3 is 0 Å². The number of nitrogens with one attached hydrogen (secondary N) is 1. The van der Waals surface area contributed by atoms with Gasteiger partial charge in [0, 0.05) is 5.02 Å². The molecule has 0 bridgehead atoms. The van der Waals surface area contributed by atoms with Crippen molar-refractivity contribution in [2.24, 2.45) is 5.92 Å². The average Bonchev–Trinajstić information content (AvgIpc) is 2.33. The molecule has 0 spiro atoms. The molecule has 1 N–H and O–H groups in total. The fourth-order valence-electron chi connectivity index (χ4n) is 2.09. The molecule has 1 aromatic rings. The highest BCUT2D eigenvalue weighted by Crippen LogP contribution is 2.17. The molecular weight excluding hydrogens is 218 g/mol. The van der Waals surface area contributed by atoms with Crippen molar-refractivity contribution >= 4 is 17.7 Å². The van der Waals surface area contributed by atoms with E-state index in [1.807, 2.05) is 12.1 Å². The highest BCUT2D eigenvalue weighted by Gasteiger charge is 2.10. The van der Waals surface area contributed by atoms with Crippen molar-refractivity contribution in [3.63, 3.8) is 0 Å². The van der Waals surface area contributed by atoms with Crippen molar-refractivity contribution in [1.82, 2.24) is 5.32 Å².